The minimum absolute atomic E-state index is 0.00118. The van der Waals surface area contributed by atoms with E-state index in [-0.39, 0.29) is 22.6 Å². The molecule has 0 aromatic heterocycles. The summed E-state index contributed by atoms with van der Waals surface area (Å²) in [4.78, 5) is 26.8. The third kappa shape index (κ3) is 4.87. The van der Waals surface area contributed by atoms with Gasteiger partial charge in [-0.1, -0.05) is 57.2 Å². The number of nitrogens with one attached hydrogen (secondary N) is 1. The molecule has 1 aliphatic heterocycles. The van der Waals surface area contributed by atoms with Gasteiger partial charge in [-0.15, -0.1) is 0 Å². The lowest BCUT2D eigenvalue weighted by atomic mass is 10.0. The highest BCUT2D eigenvalue weighted by atomic mass is 19.1. The molecular weight excluding hydrogens is 383 g/mol. The van der Waals surface area contributed by atoms with Crippen LogP contribution in [-0.2, 0) is 4.79 Å². The lowest BCUT2D eigenvalue weighted by Gasteiger charge is -2.16. The van der Waals surface area contributed by atoms with E-state index in [1.807, 2.05) is 6.07 Å². The maximum Gasteiger partial charge on any atom is 0.333 e. The van der Waals surface area contributed by atoms with Crippen molar-refractivity contribution in [2.75, 3.05) is 10.2 Å². The first-order chi connectivity index (χ1) is 14.5. The number of fused-ring (bicyclic) bond motifs is 1. The molecule has 6 heteroatoms. The van der Waals surface area contributed by atoms with Gasteiger partial charge in [0.05, 0.1) is 11.3 Å². The third-order valence-corrected chi connectivity index (χ3v) is 5.17. The molecule has 3 rings (SSSR count). The Labute approximate surface area is 176 Å². The van der Waals surface area contributed by atoms with Gasteiger partial charge in [-0.2, -0.15) is 0 Å². The smallest absolute Gasteiger partial charge is 0.333 e. The van der Waals surface area contributed by atoms with Crippen LogP contribution in [0.5, 0.6) is 0 Å². The maximum atomic E-state index is 13.9. The van der Waals surface area contributed by atoms with Gasteiger partial charge in [-0.3, -0.25) is 4.79 Å². The summed E-state index contributed by atoms with van der Waals surface area (Å²) in [6.45, 7) is 2.15. The number of aliphatic hydroxyl groups is 1. The second kappa shape index (κ2) is 10.1. The average molecular weight is 410 g/mol. The molecule has 0 unspecified atom stereocenters. The number of rotatable bonds is 8. The Kier molecular flexibility index (Phi) is 7.22. The molecule has 0 bridgehead atoms. The van der Waals surface area contributed by atoms with Gasteiger partial charge in [-0.25, -0.2) is 14.1 Å². The SMILES string of the molecule is CCCCCCCCC(O)=C1C(=O)N(C(=O)Nc2ccccc2)c2ccc(F)cc21. The summed E-state index contributed by atoms with van der Waals surface area (Å²) < 4.78 is 13.9. The number of allylic oxidation sites excluding steroid dienone is 1. The van der Waals surface area contributed by atoms with Gasteiger partial charge < -0.3 is 10.4 Å². The van der Waals surface area contributed by atoms with Crippen LogP contribution in [0, 0.1) is 5.82 Å². The summed E-state index contributed by atoms with van der Waals surface area (Å²) in [5, 5.41) is 13.3. The summed E-state index contributed by atoms with van der Waals surface area (Å²) in [6.07, 6.45) is 6.55. The van der Waals surface area contributed by atoms with Crippen LogP contribution < -0.4 is 10.2 Å². The van der Waals surface area contributed by atoms with E-state index in [9.17, 15) is 19.1 Å². The lowest BCUT2D eigenvalue weighted by Crippen LogP contribution is -2.37. The van der Waals surface area contributed by atoms with Crippen molar-refractivity contribution in [1.29, 1.82) is 0 Å². The van der Waals surface area contributed by atoms with Crippen molar-refractivity contribution >= 4 is 28.9 Å². The second-order valence-corrected chi connectivity index (χ2v) is 7.44. The zero-order valence-corrected chi connectivity index (χ0v) is 17.2. The highest BCUT2D eigenvalue weighted by Crippen LogP contribution is 2.39. The molecule has 0 saturated carbocycles. The number of para-hydroxylation sites is 1. The van der Waals surface area contributed by atoms with E-state index in [1.54, 1.807) is 24.3 Å². The van der Waals surface area contributed by atoms with E-state index in [0.29, 0.717) is 12.1 Å². The normalized spacial score (nSPS) is 14.6. The molecule has 158 valence electrons. The number of hydrogen-bond acceptors (Lipinski definition) is 3. The number of anilines is 2. The number of hydrogen-bond donors (Lipinski definition) is 2. The van der Waals surface area contributed by atoms with E-state index in [0.717, 1.165) is 37.0 Å². The van der Waals surface area contributed by atoms with Gasteiger partial charge >= 0.3 is 6.03 Å². The van der Waals surface area contributed by atoms with Crippen molar-refractivity contribution in [3.8, 4) is 0 Å². The van der Waals surface area contributed by atoms with Gasteiger partial charge in [0, 0.05) is 17.7 Å². The molecule has 5 nitrogen and oxygen atoms in total. The Morgan fingerprint density at radius 1 is 1.03 bits per heavy atom. The largest absolute Gasteiger partial charge is 0.511 e. The average Bonchev–Trinajstić information content (AvgIpc) is 3.02. The summed E-state index contributed by atoms with van der Waals surface area (Å²) in [7, 11) is 0. The fourth-order valence-corrected chi connectivity index (χ4v) is 3.62. The summed E-state index contributed by atoms with van der Waals surface area (Å²) in [6, 6.07) is 11.9. The van der Waals surface area contributed by atoms with Crippen LogP contribution in [0.2, 0.25) is 0 Å². The molecule has 0 radical (unpaired) electrons. The topological polar surface area (TPSA) is 69.6 Å². The number of carbonyl (C=O) groups is 2. The molecule has 3 amide bonds. The molecule has 1 heterocycles. The van der Waals surface area contributed by atoms with Crippen molar-refractivity contribution in [3.05, 3.63) is 65.7 Å². The number of amides is 3. The van der Waals surface area contributed by atoms with Crippen molar-refractivity contribution in [1.82, 2.24) is 0 Å². The van der Waals surface area contributed by atoms with E-state index in [1.165, 1.54) is 24.6 Å². The molecule has 30 heavy (non-hydrogen) atoms. The van der Waals surface area contributed by atoms with Crippen LogP contribution in [0.1, 0.15) is 57.4 Å². The number of urea groups is 1. The number of aliphatic hydroxyl groups excluding tert-OH is 1. The standard InChI is InChI=1S/C24H27FN2O3/c1-2-3-4-5-6-10-13-21(28)22-19-16-17(25)14-15-20(19)27(23(22)29)24(30)26-18-11-8-7-9-12-18/h7-9,11-12,14-16,28H,2-6,10,13H2,1H3,(H,26,30). The molecule has 2 aromatic carbocycles. The van der Waals surface area contributed by atoms with Crippen molar-refractivity contribution in [2.45, 2.75) is 51.9 Å². The van der Waals surface area contributed by atoms with Crippen molar-refractivity contribution in [2.24, 2.45) is 0 Å². The highest BCUT2D eigenvalue weighted by molar-refractivity contribution is 6.41. The number of unbranched alkanes of at least 4 members (excludes halogenated alkanes) is 5. The van der Waals surface area contributed by atoms with Crippen molar-refractivity contribution in [3.63, 3.8) is 0 Å². The Morgan fingerprint density at radius 3 is 2.47 bits per heavy atom. The van der Waals surface area contributed by atoms with Crippen LogP contribution in [0.25, 0.3) is 5.57 Å². The van der Waals surface area contributed by atoms with Gasteiger partial charge in [0.2, 0.25) is 0 Å². The lowest BCUT2D eigenvalue weighted by molar-refractivity contribution is -0.112. The predicted molar refractivity (Wildman–Crippen MR) is 117 cm³/mol. The van der Waals surface area contributed by atoms with E-state index < -0.39 is 17.8 Å². The fraction of sp³-hybridized carbons (Fsp3) is 0.333. The Bertz CT molecular complexity index is 941. The molecule has 0 fully saturated rings. The summed E-state index contributed by atoms with van der Waals surface area (Å²) >= 11 is 0. The number of benzene rings is 2. The van der Waals surface area contributed by atoms with E-state index in [4.69, 9.17) is 0 Å². The monoisotopic (exact) mass is 410 g/mol. The first-order valence-corrected chi connectivity index (χ1v) is 10.5. The van der Waals surface area contributed by atoms with Gasteiger partial charge in [0.1, 0.15) is 11.6 Å². The quantitative estimate of drug-likeness (QED) is 0.299. The Morgan fingerprint density at radius 2 is 1.73 bits per heavy atom. The third-order valence-electron chi connectivity index (χ3n) is 5.17. The van der Waals surface area contributed by atoms with Crippen LogP contribution in [0.15, 0.2) is 54.3 Å². The molecule has 1 aliphatic rings. The van der Waals surface area contributed by atoms with Gasteiger partial charge in [-0.05, 0) is 36.8 Å². The number of nitrogens with zero attached hydrogens (tertiary/aromatic N) is 1. The van der Waals surface area contributed by atoms with E-state index >= 15 is 0 Å². The molecule has 0 atom stereocenters. The van der Waals surface area contributed by atoms with Crippen LogP contribution >= 0.6 is 0 Å². The first-order valence-electron chi connectivity index (χ1n) is 10.5. The van der Waals surface area contributed by atoms with Crippen LogP contribution in [0.3, 0.4) is 0 Å². The zero-order chi connectivity index (χ0) is 21.5. The molecular formula is C24H27FN2O3. The molecule has 0 aliphatic carbocycles. The van der Waals surface area contributed by atoms with Gasteiger partial charge in [0.15, 0.2) is 0 Å². The number of halogens is 1. The zero-order valence-electron chi connectivity index (χ0n) is 17.2. The van der Waals surface area contributed by atoms with Crippen LogP contribution in [0.4, 0.5) is 20.6 Å². The Balaban J connectivity index is 1.81. The number of carbonyl (C=O) groups excluding carboxylic acids is 2. The molecule has 2 aromatic rings. The van der Waals surface area contributed by atoms with Crippen molar-refractivity contribution < 1.29 is 19.1 Å². The first kappa shape index (κ1) is 21.6. The maximum absolute atomic E-state index is 13.9. The molecule has 2 N–H and O–H groups in total. The highest BCUT2D eigenvalue weighted by Gasteiger charge is 2.39. The van der Waals surface area contributed by atoms with Crippen LogP contribution in [-0.4, -0.2) is 17.0 Å². The minimum Gasteiger partial charge on any atom is -0.511 e. The number of imide groups is 1. The Hall–Kier alpha value is -3.15. The summed E-state index contributed by atoms with van der Waals surface area (Å²) in [5.74, 6) is -1.28. The minimum atomic E-state index is -0.651. The predicted octanol–water partition coefficient (Wildman–Crippen LogP) is 6.42. The van der Waals surface area contributed by atoms with Gasteiger partial charge in [0.25, 0.3) is 5.91 Å². The molecule has 0 saturated heterocycles. The van der Waals surface area contributed by atoms with E-state index in [2.05, 4.69) is 12.2 Å². The summed E-state index contributed by atoms with van der Waals surface area (Å²) in [5.41, 5.74) is 1.04. The second-order valence-electron chi connectivity index (χ2n) is 7.44. The fourth-order valence-electron chi connectivity index (χ4n) is 3.62. The molecule has 0 spiro atoms.